The molecule has 0 saturated heterocycles. The smallest absolute Gasteiger partial charge is 0.292 e. The fraction of sp³-hybridized carbons (Fsp3) is 0. The number of nitrogens with two attached hydrogens (primary N) is 1. The molecule has 2 aromatic rings. The summed E-state index contributed by atoms with van der Waals surface area (Å²) in [5.74, 6) is -1.36. The molecule has 0 aliphatic heterocycles. The Morgan fingerprint density at radius 1 is 1.29 bits per heavy atom. The van der Waals surface area contributed by atoms with Crippen molar-refractivity contribution in [3.63, 3.8) is 0 Å². The Morgan fingerprint density at radius 3 is 2.62 bits per heavy atom. The minimum absolute atomic E-state index is 0.146. The van der Waals surface area contributed by atoms with Gasteiger partial charge in [0.2, 0.25) is 0 Å². The molecule has 0 saturated carbocycles. The number of halogens is 2. The molecule has 0 heterocycles. The van der Waals surface area contributed by atoms with Gasteiger partial charge in [0.15, 0.2) is 0 Å². The zero-order valence-electron chi connectivity index (χ0n) is 10.5. The third-order valence-electron chi connectivity index (χ3n) is 2.67. The number of carbonyl (C=O) groups is 1. The van der Waals surface area contributed by atoms with Crippen LogP contribution >= 0.6 is 11.6 Å². The van der Waals surface area contributed by atoms with Gasteiger partial charge in [-0.15, -0.1) is 0 Å². The van der Waals surface area contributed by atoms with E-state index in [4.69, 9.17) is 17.3 Å². The van der Waals surface area contributed by atoms with Crippen LogP contribution in [0.1, 0.15) is 10.4 Å². The molecule has 0 aliphatic rings. The molecule has 0 aromatic heterocycles. The summed E-state index contributed by atoms with van der Waals surface area (Å²) in [6.45, 7) is 0. The number of nitrogen functional groups attached to an aromatic ring is 1. The second kappa shape index (κ2) is 5.76. The van der Waals surface area contributed by atoms with E-state index >= 15 is 0 Å². The van der Waals surface area contributed by atoms with Crippen LogP contribution in [0.3, 0.4) is 0 Å². The van der Waals surface area contributed by atoms with Crippen LogP contribution in [0.15, 0.2) is 36.4 Å². The zero-order valence-corrected chi connectivity index (χ0v) is 11.2. The van der Waals surface area contributed by atoms with Crippen molar-refractivity contribution in [2.75, 3.05) is 11.1 Å². The number of nitro benzene ring substituents is 1. The van der Waals surface area contributed by atoms with Crippen molar-refractivity contribution in [3.8, 4) is 0 Å². The summed E-state index contributed by atoms with van der Waals surface area (Å²) in [5.41, 5.74) is 5.32. The van der Waals surface area contributed by atoms with Crippen molar-refractivity contribution >= 4 is 34.6 Å². The van der Waals surface area contributed by atoms with Gasteiger partial charge in [0.1, 0.15) is 11.5 Å². The number of hydrogen-bond donors (Lipinski definition) is 2. The molecule has 0 atom stereocenters. The van der Waals surface area contributed by atoms with E-state index in [2.05, 4.69) is 5.32 Å². The van der Waals surface area contributed by atoms with Crippen LogP contribution < -0.4 is 11.1 Å². The number of amides is 1. The lowest BCUT2D eigenvalue weighted by Crippen LogP contribution is -2.13. The molecule has 6 nitrogen and oxygen atoms in total. The summed E-state index contributed by atoms with van der Waals surface area (Å²) in [4.78, 5) is 22.1. The number of hydrogen-bond acceptors (Lipinski definition) is 4. The Hall–Kier alpha value is -2.67. The Labute approximate surface area is 123 Å². The average Bonchev–Trinajstić information content (AvgIpc) is 2.41. The maximum Gasteiger partial charge on any atom is 0.292 e. The van der Waals surface area contributed by atoms with Crippen LogP contribution in [-0.4, -0.2) is 10.8 Å². The molecule has 108 valence electrons. The molecule has 2 aromatic carbocycles. The first-order chi connectivity index (χ1) is 9.88. The monoisotopic (exact) mass is 309 g/mol. The summed E-state index contributed by atoms with van der Waals surface area (Å²) >= 11 is 5.79. The molecular formula is C13H9ClFN3O3. The van der Waals surface area contributed by atoms with Crippen molar-refractivity contribution in [2.24, 2.45) is 0 Å². The van der Waals surface area contributed by atoms with Gasteiger partial charge in [0, 0.05) is 17.7 Å². The standard InChI is InChI=1S/C13H9ClFN3O3/c14-9-5-7(1-3-10(9)16)13(19)17-11-6-8(15)2-4-12(11)18(20)21/h1-6H,16H2,(H,17,19). The highest BCUT2D eigenvalue weighted by Crippen LogP contribution is 2.26. The molecule has 1 amide bonds. The van der Waals surface area contributed by atoms with Crippen molar-refractivity contribution < 1.29 is 14.1 Å². The molecule has 0 bridgehead atoms. The molecule has 0 spiro atoms. The summed E-state index contributed by atoms with van der Waals surface area (Å²) in [6, 6.07) is 6.93. The first-order valence-corrected chi connectivity index (χ1v) is 6.06. The van der Waals surface area contributed by atoms with Crippen molar-refractivity contribution in [1.82, 2.24) is 0 Å². The van der Waals surface area contributed by atoms with Crippen molar-refractivity contribution in [3.05, 3.63) is 62.9 Å². The third kappa shape index (κ3) is 3.26. The lowest BCUT2D eigenvalue weighted by molar-refractivity contribution is -0.384. The molecule has 8 heteroatoms. The van der Waals surface area contributed by atoms with Gasteiger partial charge in [-0.2, -0.15) is 0 Å². The van der Waals surface area contributed by atoms with E-state index in [0.29, 0.717) is 5.69 Å². The van der Waals surface area contributed by atoms with Gasteiger partial charge in [0.05, 0.1) is 15.6 Å². The number of anilines is 2. The molecule has 0 aliphatic carbocycles. The van der Waals surface area contributed by atoms with Gasteiger partial charge in [0.25, 0.3) is 11.6 Å². The third-order valence-corrected chi connectivity index (χ3v) is 2.99. The van der Waals surface area contributed by atoms with Gasteiger partial charge in [-0.25, -0.2) is 4.39 Å². The Bertz CT molecular complexity index is 737. The molecule has 21 heavy (non-hydrogen) atoms. The van der Waals surface area contributed by atoms with Crippen LogP contribution in [0.4, 0.5) is 21.5 Å². The normalized spacial score (nSPS) is 10.2. The maximum absolute atomic E-state index is 13.2. The number of nitro groups is 1. The molecular weight excluding hydrogens is 301 g/mol. The van der Waals surface area contributed by atoms with Gasteiger partial charge < -0.3 is 11.1 Å². The Balaban J connectivity index is 2.33. The highest BCUT2D eigenvalue weighted by atomic mass is 35.5. The summed E-state index contributed by atoms with van der Waals surface area (Å²) in [7, 11) is 0. The van der Waals surface area contributed by atoms with E-state index in [-0.39, 0.29) is 16.3 Å². The minimum atomic E-state index is -0.717. The predicted molar refractivity (Wildman–Crippen MR) is 76.9 cm³/mol. The van der Waals surface area contributed by atoms with E-state index in [1.54, 1.807) is 0 Å². The predicted octanol–water partition coefficient (Wildman–Crippen LogP) is 3.22. The molecule has 0 fully saturated rings. The second-order valence-electron chi connectivity index (χ2n) is 4.11. The van der Waals surface area contributed by atoms with E-state index in [9.17, 15) is 19.3 Å². The van der Waals surface area contributed by atoms with Crippen LogP contribution in [0.5, 0.6) is 0 Å². The van der Waals surface area contributed by atoms with Crippen molar-refractivity contribution in [2.45, 2.75) is 0 Å². The fourth-order valence-electron chi connectivity index (χ4n) is 1.63. The highest BCUT2D eigenvalue weighted by molar-refractivity contribution is 6.33. The van der Waals surface area contributed by atoms with Gasteiger partial charge in [-0.05, 0) is 24.3 Å². The second-order valence-corrected chi connectivity index (χ2v) is 4.52. The van der Waals surface area contributed by atoms with Crippen LogP contribution in [-0.2, 0) is 0 Å². The van der Waals surface area contributed by atoms with Crippen LogP contribution in [0, 0.1) is 15.9 Å². The number of nitrogens with one attached hydrogen (secondary N) is 1. The largest absolute Gasteiger partial charge is 0.398 e. The topological polar surface area (TPSA) is 98.3 Å². The molecule has 0 unspecified atom stereocenters. The summed E-state index contributed by atoms with van der Waals surface area (Å²) in [5, 5.41) is 13.3. The number of benzene rings is 2. The maximum atomic E-state index is 13.2. The van der Waals surface area contributed by atoms with E-state index in [1.807, 2.05) is 0 Å². The van der Waals surface area contributed by atoms with Crippen LogP contribution in [0.25, 0.3) is 0 Å². The van der Waals surface area contributed by atoms with E-state index < -0.39 is 22.3 Å². The Morgan fingerprint density at radius 2 is 2.00 bits per heavy atom. The number of nitrogens with zero attached hydrogens (tertiary/aromatic N) is 1. The van der Waals surface area contributed by atoms with Gasteiger partial charge >= 0.3 is 0 Å². The summed E-state index contributed by atoms with van der Waals surface area (Å²) in [6.07, 6.45) is 0. The van der Waals surface area contributed by atoms with Crippen LogP contribution in [0.2, 0.25) is 5.02 Å². The molecule has 0 radical (unpaired) electrons. The Kier molecular flexibility index (Phi) is 4.04. The number of rotatable bonds is 3. The lowest BCUT2D eigenvalue weighted by atomic mass is 10.2. The first kappa shape index (κ1) is 14.7. The zero-order chi connectivity index (χ0) is 15.6. The van der Waals surface area contributed by atoms with E-state index in [0.717, 1.165) is 18.2 Å². The average molecular weight is 310 g/mol. The van der Waals surface area contributed by atoms with Gasteiger partial charge in [-0.1, -0.05) is 11.6 Å². The SMILES string of the molecule is Nc1ccc(C(=O)Nc2cc(F)ccc2[N+](=O)[O-])cc1Cl. The van der Waals surface area contributed by atoms with E-state index in [1.165, 1.54) is 18.2 Å². The molecule has 2 rings (SSSR count). The fourth-order valence-corrected chi connectivity index (χ4v) is 1.81. The minimum Gasteiger partial charge on any atom is -0.398 e. The quantitative estimate of drug-likeness (QED) is 0.516. The van der Waals surface area contributed by atoms with Crippen molar-refractivity contribution in [1.29, 1.82) is 0 Å². The summed E-state index contributed by atoms with van der Waals surface area (Å²) < 4.78 is 13.2. The molecule has 3 N–H and O–H groups in total. The van der Waals surface area contributed by atoms with Gasteiger partial charge in [-0.3, -0.25) is 14.9 Å². The lowest BCUT2D eigenvalue weighted by Gasteiger charge is -2.07. The number of carbonyl (C=O) groups excluding carboxylic acids is 1. The first-order valence-electron chi connectivity index (χ1n) is 5.69. The highest BCUT2D eigenvalue weighted by Gasteiger charge is 2.17.